The standard InChI is InChI=1S/C32H35Cl2N3O13S/c1-19-32(42,20-6-4-7-21(33)12-20)50-17-31(2,3)37(19)30(41)49-18-48-28(39)15-27(38)46-10-11-47-29(40)23-13-26(51(35,43)44)24(34)14-25(23)36-16-22-8-5-9-45-22/h4-9,12-14,19,36,42H,10-11,15-18H2,1-3H3,(H2,35,43,44)/t19-,32+/m0/s1. The highest BCUT2D eigenvalue weighted by Gasteiger charge is 2.53. The molecule has 1 saturated heterocycles. The highest BCUT2D eigenvalue weighted by molar-refractivity contribution is 7.89. The second-order valence-corrected chi connectivity index (χ2v) is 14.1. The number of carbonyl (C=O) groups is 4. The zero-order valence-corrected chi connectivity index (χ0v) is 29.9. The third kappa shape index (κ3) is 9.90. The van der Waals surface area contributed by atoms with Gasteiger partial charge >= 0.3 is 24.0 Å². The Morgan fingerprint density at radius 2 is 1.73 bits per heavy atom. The van der Waals surface area contributed by atoms with E-state index >= 15 is 0 Å². The van der Waals surface area contributed by atoms with Gasteiger partial charge in [-0.25, -0.2) is 23.1 Å². The fourth-order valence-electron chi connectivity index (χ4n) is 5.10. The number of morpholine rings is 1. The number of nitrogens with one attached hydrogen (secondary N) is 1. The lowest BCUT2D eigenvalue weighted by Gasteiger charge is -2.52. The van der Waals surface area contributed by atoms with E-state index in [1.807, 2.05) is 0 Å². The Morgan fingerprint density at radius 1 is 1.02 bits per heavy atom. The van der Waals surface area contributed by atoms with Crippen LogP contribution >= 0.6 is 23.2 Å². The molecule has 1 fully saturated rings. The normalized spacial score (nSPS) is 18.4. The van der Waals surface area contributed by atoms with Gasteiger partial charge in [0.05, 0.1) is 47.3 Å². The minimum absolute atomic E-state index is 0.0728. The molecule has 0 radical (unpaired) electrons. The first-order chi connectivity index (χ1) is 23.9. The van der Waals surface area contributed by atoms with Crippen molar-refractivity contribution in [3.63, 3.8) is 0 Å². The summed E-state index contributed by atoms with van der Waals surface area (Å²) in [5, 5.41) is 19.6. The largest absolute Gasteiger partial charge is 0.467 e. The van der Waals surface area contributed by atoms with Gasteiger partial charge in [-0.15, -0.1) is 0 Å². The monoisotopic (exact) mass is 771 g/mol. The average Bonchev–Trinajstić information content (AvgIpc) is 3.57. The summed E-state index contributed by atoms with van der Waals surface area (Å²) in [7, 11) is -4.30. The summed E-state index contributed by atoms with van der Waals surface area (Å²) in [6, 6.07) is 10.8. The average molecular weight is 773 g/mol. The van der Waals surface area contributed by atoms with Crippen LogP contribution in [0.4, 0.5) is 10.5 Å². The van der Waals surface area contributed by atoms with Crippen LogP contribution in [-0.4, -0.2) is 80.6 Å². The number of amides is 1. The van der Waals surface area contributed by atoms with E-state index in [4.69, 9.17) is 56.4 Å². The van der Waals surface area contributed by atoms with Crippen LogP contribution in [0.3, 0.4) is 0 Å². The van der Waals surface area contributed by atoms with E-state index in [0.29, 0.717) is 16.3 Å². The van der Waals surface area contributed by atoms with E-state index in [-0.39, 0.29) is 29.4 Å². The molecule has 1 aromatic heterocycles. The van der Waals surface area contributed by atoms with Crippen molar-refractivity contribution < 1.29 is 60.8 Å². The maximum atomic E-state index is 13.1. The van der Waals surface area contributed by atoms with Crippen molar-refractivity contribution in [2.75, 3.05) is 31.9 Å². The Bertz CT molecular complexity index is 1870. The number of carbonyl (C=O) groups excluding carboxylic acids is 4. The number of primary sulfonamides is 1. The minimum atomic E-state index is -4.30. The van der Waals surface area contributed by atoms with Gasteiger partial charge in [-0.2, -0.15) is 0 Å². The van der Waals surface area contributed by atoms with Gasteiger partial charge < -0.3 is 38.5 Å². The zero-order valence-electron chi connectivity index (χ0n) is 27.6. The molecule has 0 bridgehead atoms. The molecule has 1 aliphatic heterocycles. The Kier molecular flexibility index (Phi) is 12.6. The van der Waals surface area contributed by atoms with Crippen molar-refractivity contribution in [2.24, 2.45) is 5.14 Å². The molecule has 51 heavy (non-hydrogen) atoms. The van der Waals surface area contributed by atoms with Crippen LogP contribution in [0.1, 0.15) is 48.9 Å². The van der Waals surface area contributed by atoms with Crippen LogP contribution in [0, 0.1) is 0 Å². The van der Waals surface area contributed by atoms with Gasteiger partial charge in [0.25, 0.3) is 0 Å². The first-order valence-corrected chi connectivity index (χ1v) is 17.4. The molecule has 276 valence electrons. The molecule has 4 N–H and O–H groups in total. The predicted octanol–water partition coefficient (Wildman–Crippen LogP) is 3.92. The highest BCUT2D eigenvalue weighted by atomic mass is 35.5. The SMILES string of the molecule is C[C@@H]1N(C(=O)OCOC(=O)CC(=O)OCCOC(=O)c2cc(S(N)(=O)=O)c(Cl)cc2NCc2ccco2)C(C)(C)CO[C@@]1(O)c1cccc(Cl)c1. The number of ether oxygens (including phenoxy) is 5. The number of hydrogen-bond donors (Lipinski definition) is 3. The summed E-state index contributed by atoms with van der Waals surface area (Å²) < 4.78 is 54.9. The summed E-state index contributed by atoms with van der Waals surface area (Å²) in [5.41, 5.74) is -0.741. The number of halogens is 2. The topological polar surface area (TPSA) is 223 Å². The summed E-state index contributed by atoms with van der Waals surface area (Å²) >= 11 is 12.2. The molecular weight excluding hydrogens is 737 g/mol. The van der Waals surface area contributed by atoms with Gasteiger partial charge in [-0.05, 0) is 57.2 Å². The smallest absolute Gasteiger partial charge is 0.413 e. The van der Waals surface area contributed by atoms with Crippen LogP contribution in [0.5, 0.6) is 0 Å². The molecule has 0 unspecified atom stereocenters. The summed E-state index contributed by atoms with van der Waals surface area (Å²) in [4.78, 5) is 51.0. The van der Waals surface area contributed by atoms with Crippen LogP contribution in [0.2, 0.25) is 10.0 Å². The third-order valence-electron chi connectivity index (χ3n) is 7.59. The number of furan rings is 1. The lowest BCUT2D eigenvalue weighted by Crippen LogP contribution is -2.66. The Labute approximate surface area is 302 Å². The Hall–Kier alpha value is -4.39. The van der Waals surface area contributed by atoms with Gasteiger partial charge in [0.2, 0.25) is 22.6 Å². The number of esters is 3. The number of nitrogens with two attached hydrogens (primary N) is 1. The van der Waals surface area contributed by atoms with Gasteiger partial charge in [0.15, 0.2) is 0 Å². The molecule has 0 saturated carbocycles. The van der Waals surface area contributed by atoms with Crippen molar-refractivity contribution in [1.29, 1.82) is 0 Å². The van der Waals surface area contributed by atoms with Crippen LogP contribution in [0.15, 0.2) is 64.1 Å². The van der Waals surface area contributed by atoms with Gasteiger partial charge in [0.1, 0.15) is 30.3 Å². The molecule has 2 aromatic carbocycles. The molecule has 1 aliphatic rings. The van der Waals surface area contributed by atoms with Gasteiger partial charge in [-0.1, -0.05) is 35.3 Å². The van der Waals surface area contributed by atoms with E-state index in [1.54, 1.807) is 51.1 Å². The second-order valence-electron chi connectivity index (χ2n) is 11.7. The lowest BCUT2D eigenvalue weighted by molar-refractivity contribution is -0.295. The molecule has 4 rings (SSSR count). The molecular formula is C32H35Cl2N3O13S. The van der Waals surface area contributed by atoms with Crippen molar-refractivity contribution in [2.45, 2.75) is 56.0 Å². The summed E-state index contributed by atoms with van der Waals surface area (Å²) in [6.07, 6.45) is -0.350. The quantitative estimate of drug-likeness (QED) is 0.0737. The highest BCUT2D eigenvalue weighted by Crippen LogP contribution is 2.40. The summed E-state index contributed by atoms with van der Waals surface area (Å²) in [6.45, 7) is 3.18. The first kappa shape index (κ1) is 39.4. The van der Waals surface area contributed by atoms with Crippen molar-refractivity contribution >= 4 is 62.9 Å². The van der Waals surface area contributed by atoms with E-state index in [1.165, 1.54) is 23.3 Å². The number of benzene rings is 2. The summed E-state index contributed by atoms with van der Waals surface area (Å²) in [5.74, 6) is -4.54. The van der Waals surface area contributed by atoms with E-state index in [2.05, 4.69) is 5.32 Å². The van der Waals surface area contributed by atoms with E-state index in [9.17, 15) is 32.7 Å². The first-order valence-electron chi connectivity index (χ1n) is 15.1. The van der Waals surface area contributed by atoms with Crippen LogP contribution < -0.4 is 10.5 Å². The predicted molar refractivity (Wildman–Crippen MR) is 179 cm³/mol. The lowest BCUT2D eigenvalue weighted by atomic mass is 9.90. The fourth-order valence-corrected chi connectivity index (χ4v) is 6.39. The third-order valence-corrected chi connectivity index (χ3v) is 9.20. The van der Waals surface area contributed by atoms with Crippen molar-refractivity contribution in [3.8, 4) is 0 Å². The number of hydrogen-bond acceptors (Lipinski definition) is 14. The zero-order chi connectivity index (χ0) is 37.6. The molecule has 2 atom stereocenters. The molecule has 0 spiro atoms. The van der Waals surface area contributed by atoms with Crippen LogP contribution in [-0.2, 0) is 55.6 Å². The van der Waals surface area contributed by atoms with Gasteiger partial charge in [0, 0.05) is 10.6 Å². The van der Waals surface area contributed by atoms with Crippen molar-refractivity contribution in [3.05, 3.63) is 81.7 Å². The fraction of sp³-hybridized carbons (Fsp3) is 0.375. The molecule has 1 amide bonds. The van der Waals surface area contributed by atoms with E-state index < -0.39 is 82.7 Å². The number of sulfonamides is 1. The van der Waals surface area contributed by atoms with Crippen molar-refractivity contribution in [1.82, 2.24) is 4.90 Å². The second kappa shape index (κ2) is 16.3. The molecule has 0 aliphatic carbocycles. The Morgan fingerprint density at radius 3 is 2.39 bits per heavy atom. The minimum Gasteiger partial charge on any atom is -0.467 e. The number of aliphatic hydroxyl groups is 1. The van der Waals surface area contributed by atoms with Gasteiger partial charge in [-0.3, -0.25) is 14.5 Å². The maximum absolute atomic E-state index is 13.1. The number of nitrogens with zero attached hydrogens (tertiary/aromatic N) is 1. The number of anilines is 1. The molecule has 19 heteroatoms. The molecule has 2 heterocycles. The Balaban J connectivity index is 1.24. The maximum Gasteiger partial charge on any atom is 0.413 e. The number of rotatable bonds is 13. The van der Waals surface area contributed by atoms with E-state index in [0.717, 1.165) is 6.07 Å². The molecule has 3 aromatic rings. The van der Waals surface area contributed by atoms with Crippen LogP contribution in [0.25, 0.3) is 0 Å². The molecule has 16 nitrogen and oxygen atoms in total.